The summed E-state index contributed by atoms with van der Waals surface area (Å²) in [4.78, 5) is 2.43. The molecule has 2 aromatic rings. The van der Waals surface area contributed by atoms with Crippen molar-refractivity contribution in [3.05, 3.63) is 30.3 Å². The van der Waals surface area contributed by atoms with E-state index in [-0.39, 0.29) is 0 Å². The Labute approximate surface area is 110 Å². The molecule has 0 aliphatic carbocycles. The third-order valence-electron chi connectivity index (χ3n) is 3.01. The Morgan fingerprint density at radius 3 is 2.72 bits per heavy atom. The molecule has 3 rings (SSSR count). The van der Waals surface area contributed by atoms with Gasteiger partial charge in [0.2, 0.25) is 5.89 Å². The molecule has 0 spiro atoms. The van der Waals surface area contributed by atoms with Crippen molar-refractivity contribution in [2.45, 2.75) is 11.6 Å². The maximum absolute atomic E-state index is 5.63. The van der Waals surface area contributed by atoms with Crippen LogP contribution in [0.15, 0.2) is 40.0 Å². The highest BCUT2D eigenvalue weighted by Gasteiger charge is 2.14. The van der Waals surface area contributed by atoms with E-state index in [9.17, 15) is 0 Å². The summed E-state index contributed by atoms with van der Waals surface area (Å²) < 4.78 is 5.63. The van der Waals surface area contributed by atoms with Gasteiger partial charge in [-0.15, -0.1) is 10.2 Å². The molecule has 1 saturated heterocycles. The van der Waals surface area contributed by atoms with E-state index < -0.39 is 0 Å². The molecule has 1 aliphatic rings. The first-order valence-electron chi connectivity index (χ1n) is 6.16. The molecule has 1 aliphatic heterocycles. The van der Waals surface area contributed by atoms with Crippen molar-refractivity contribution in [1.29, 1.82) is 0 Å². The molecule has 18 heavy (non-hydrogen) atoms. The fourth-order valence-electron chi connectivity index (χ4n) is 1.83. The monoisotopic (exact) mass is 261 g/mol. The Hall–Kier alpha value is -1.33. The summed E-state index contributed by atoms with van der Waals surface area (Å²) in [5.74, 6) is 1.61. The van der Waals surface area contributed by atoms with Crippen molar-refractivity contribution >= 4 is 11.8 Å². The number of likely N-dealkylation sites (tertiary alicyclic amines) is 1. The van der Waals surface area contributed by atoms with E-state index in [0.29, 0.717) is 11.1 Å². The van der Waals surface area contributed by atoms with Crippen molar-refractivity contribution in [3.63, 3.8) is 0 Å². The van der Waals surface area contributed by atoms with Gasteiger partial charge in [0.15, 0.2) is 0 Å². The highest BCUT2D eigenvalue weighted by Crippen LogP contribution is 2.23. The molecule has 0 atom stereocenters. The fourth-order valence-corrected chi connectivity index (χ4v) is 2.59. The average Bonchev–Trinajstić information content (AvgIpc) is 2.82. The van der Waals surface area contributed by atoms with Gasteiger partial charge in [-0.05, 0) is 31.6 Å². The van der Waals surface area contributed by atoms with Crippen molar-refractivity contribution in [3.8, 4) is 11.5 Å². The van der Waals surface area contributed by atoms with E-state index in [1.807, 2.05) is 30.3 Å². The second-order valence-electron chi connectivity index (χ2n) is 4.28. The number of nitrogens with zero attached hydrogens (tertiary/aromatic N) is 3. The zero-order valence-corrected chi connectivity index (χ0v) is 10.9. The van der Waals surface area contributed by atoms with Gasteiger partial charge in [0.1, 0.15) is 0 Å². The maximum atomic E-state index is 5.63. The van der Waals surface area contributed by atoms with Gasteiger partial charge < -0.3 is 9.32 Å². The van der Waals surface area contributed by atoms with Gasteiger partial charge >= 0.3 is 0 Å². The summed E-state index contributed by atoms with van der Waals surface area (Å²) >= 11 is 1.63. The lowest BCUT2D eigenvalue weighted by molar-refractivity contribution is 0.194. The van der Waals surface area contributed by atoms with Crippen LogP contribution < -0.4 is 0 Å². The quantitative estimate of drug-likeness (QED) is 0.774. The molecule has 0 unspecified atom stereocenters. The molecule has 4 nitrogen and oxygen atoms in total. The van der Waals surface area contributed by atoms with Crippen LogP contribution >= 0.6 is 11.8 Å². The van der Waals surface area contributed by atoms with Crippen LogP contribution in [-0.2, 0) is 0 Å². The molecule has 0 saturated carbocycles. The molecule has 1 fully saturated rings. The Bertz CT molecular complexity index is 496. The molecule has 1 aromatic carbocycles. The third-order valence-corrected chi connectivity index (χ3v) is 3.81. The van der Waals surface area contributed by atoms with Gasteiger partial charge in [-0.1, -0.05) is 30.0 Å². The van der Waals surface area contributed by atoms with Gasteiger partial charge in [-0.25, -0.2) is 0 Å². The van der Waals surface area contributed by atoms with Crippen LogP contribution in [0.5, 0.6) is 0 Å². The SMILES string of the molecule is c1ccc(-c2nnc(SCCN3CCC3)o2)cc1. The van der Waals surface area contributed by atoms with Crippen LogP contribution in [0.2, 0.25) is 0 Å². The average molecular weight is 261 g/mol. The first-order chi connectivity index (χ1) is 8.92. The first kappa shape index (κ1) is 11.7. The largest absolute Gasteiger partial charge is 0.411 e. The molecule has 0 amide bonds. The number of rotatable bonds is 5. The maximum Gasteiger partial charge on any atom is 0.276 e. The molecule has 0 radical (unpaired) electrons. The van der Waals surface area contributed by atoms with E-state index in [0.717, 1.165) is 17.9 Å². The Morgan fingerprint density at radius 2 is 2.00 bits per heavy atom. The topological polar surface area (TPSA) is 42.2 Å². The van der Waals surface area contributed by atoms with Gasteiger partial charge in [-0.2, -0.15) is 0 Å². The van der Waals surface area contributed by atoms with Gasteiger partial charge in [-0.3, -0.25) is 0 Å². The summed E-state index contributed by atoms with van der Waals surface area (Å²) in [6.45, 7) is 3.58. The summed E-state index contributed by atoms with van der Waals surface area (Å²) in [6, 6.07) is 9.86. The Balaban J connectivity index is 1.56. The van der Waals surface area contributed by atoms with Gasteiger partial charge in [0, 0.05) is 17.9 Å². The van der Waals surface area contributed by atoms with E-state index in [4.69, 9.17) is 4.42 Å². The smallest absolute Gasteiger partial charge is 0.276 e. The number of hydrogen-bond donors (Lipinski definition) is 0. The van der Waals surface area contributed by atoms with Gasteiger partial charge in [0.05, 0.1) is 0 Å². The van der Waals surface area contributed by atoms with Crippen molar-refractivity contribution in [2.75, 3.05) is 25.4 Å². The molecule has 94 valence electrons. The zero-order chi connectivity index (χ0) is 12.2. The molecule has 1 aromatic heterocycles. The fraction of sp³-hybridized carbons (Fsp3) is 0.385. The first-order valence-corrected chi connectivity index (χ1v) is 7.14. The molecule has 0 N–H and O–H groups in total. The van der Waals surface area contributed by atoms with Crippen LogP contribution in [0, 0.1) is 0 Å². The molecule has 0 bridgehead atoms. The predicted molar refractivity (Wildman–Crippen MR) is 71.5 cm³/mol. The highest BCUT2D eigenvalue weighted by molar-refractivity contribution is 7.99. The molecular weight excluding hydrogens is 246 g/mol. The summed E-state index contributed by atoms with van der Waals surface area (Å²) in [5, 5.41) is 8.79. The minimum atomic E-state index is 0.599. The van der Waals surface area contributed by atoms with Crippen molar-refractivity contribution in [2.24, 2.45) is 0 Å². The second-order valence-corrected chi connectivity index (χ2v) is 5.33. The normalized spacial score (nSPS) is 15.6. The lowest BCUT2D eigenvalue weighted by Gasteiger charge is -2.30. The minimum absolute atomic E-state index is 0.599. The number of thioether (sulfide) groups is 1. The Morgan fingerprint density at radius 1 is 1.17 bits per heavy atom. The van der Waals surface area contributed by atoms with E-state index in [1.54, 1.807) is 11.8 Å². The number of hydrogen-bond acceptors (Lipinski definition) is 5. The van der Waals surface area contributed by atoms with E-state index in [2.05, 4.69) is 15.1 Å². The standard InChI is InChI=1S/C13H15N3OS/c1-2-5-11(6-3-1)12-14-15-13(17-12)18-10-9-16-7-4-8-16/h1-3,5-6H,4,7-10H2. The Kier molecular flexibility index (Phi) is 3.61. The number of aromatic nitrogens is 2. The predicted octanol–water partition coefficient (Wildman–Crippen LogP) is 2.53. The second kappa shape index (κ2) is 5.54. The van der Waals surface area contributed by atoms with E-state index in [1.165, 1.54) is 19.5 Å². The summed E-state index contributed by atoms with van der Waals surface area (Å²) in [6.07, 6.45) is 1.34. The number of benzene rings is 1. The third kappa shape index (κ3) is 2.73. The highest BCUT2D eigenvalue weighted by atomic mass is 32.2. The van der Waals surface area contributed by atoms with Crippen LogP contribution in [0.3, 0.4) is 0 Å². The lowest BCUT2D eigenvalue weighted by atomic mass is 10.2. The van der Waals surface area contributed by atoms with Crippen molar-refractivity contribution in [1.82, 2.24) is 15.1 Å². The van der Waals surface area contributed by atoms with Crippen molar-refractivity contribution < 1.29 is 4.42 Å². The van der Waals surface area contributed by atoms with Crippen LogP contribution in [0.1, 0.15) is 6.42 Å². The summed E-state index contributed by atoms with van der Waals surface area (Å²) in [7, 11) is 0. The van der Waals surface area contributed by atoms with Gasteiger partial charge in [0.25, 0.3) is 5.22 Å². The van der Waals surface area contributed by atoms with E-state index >= 15 is 0 Å². The van der Waals surface area contributed by atoms with Crippen LogP contribution in [0.4, 0.5) is 0 Å². The molecule has 5 heteroatoms. The molecular formula is C13H15N3OS. The van der Waals surface area contributed by atoms with Crippen LogP contribution in [-0.4, -0.2) is 40.5 Å². The summed E-state index contributed by atoms with van der Waals surface area (Å²) in [5.41, 5.74) is 0.972. The lowest BCUT2D eigenvalue weighted by Crippen LogP contribution is -2.38. The van der Waals surface area contributed by atoms with Crippen LogP contribution in [0.25, 0.3) is 11.5 Å². The zero-order valence-electron chi connectivity index (χ0n) is 10.1. The molecule has 2 heterocycles. The minimum Gasteiger partial charge on any atom is -0.411 e.